The van der Waals surface area contributed by atoms with Gasteiger partial charge >= 0.3 is 12.0 Å². The van der Waals surface area contributed by atoms with Crippen molar-refractivity contribution in [3.05, 3.63) is 22.4 Å². The first-order valence-corrected chi connectivity index (χ1v) is 7.80. The van der Waals surface area contributed by atoms with Crippen LogP contribution in [0.2, 0.25) is 0 Å². The van der Waals surface area contributed by atoms with Crippen LogP contribution in [0.3, 0.4) is 0 Å². The van der Waals surface area contributed by atoms with Crippen LogP contribution in [0.5, 0.6) is 0 Å². The van der Waals surface area contributed by atoms with Gasteiger partial charge in [0.05, 0.1) is 0 Å². The Labute approximate surface area is 123 Å². The molecule has 1 unspecified atom stereocenters. The van der Waals surface area contributed by atoms with Crippen molar-refractivity contribution < 1.29 is 14.7 Å². The van der Waals surface area contributed by atoms with Crippen LogP contribution in [0.1, 0.15) is 38.2 Å². The van der Waals surface area contributed by atoms with Crippen LogP contribution in [0.4, 0.5) is 4.79 Å². The normalized spacial score (nSPS) is 11.8. The lowest BCUT2D eigenvalue weighted by Gasteiger charge is -2.14. The van der Waals surface area contributed by atoms with Crippen LogP contribution in [-0.2, 0) is 11.3 Å². The van der Waals surface area contributed by atoms with Gasteiger partial charge in [-0.3, -0.25) is 4.79 Å². The third kappa shape index (κ3) is 7.13. The van der Waals surface area contributed by atoms with Gasteiger partial charge in [0, 0.05) is 19.5 Å². The van der Waals surface area contributed by atoms with Crippen molar-refractivity contribution in [3.63, 3.8) is 0 Å². The minimum absolute atomic E-state index is 0.177. The summed E-state index contributed by atoms with van der Waals surface area (Å²) in [4.78, 5) is 22.1. The highest BCUT2D eigenvalue weighted by Crippen LogP contribution is 2.14. The maximum absolute atomic E-state index is 11.6. The quantitative estimate of drug-likeness (QED) is 0.656. The second-order valence-electron chi connectivity index (χ2n) is 4.74. The molecule has 0 aliphatic carbocycles. The van der Waals surface area contributed by atoms with Crippen LogP contribution in [0.15, 0.2) is 16.8 Å². The number of carboxylic acid groups (broad SMARTS) is 1. The summed E-state index contributed by atoms with van der Waals surface area (Å²) >= 11 is 1.60. The first-order chi connectivity index (χ1) is 9.61. The van der Waals surface area contributed by atoms with E-state index in [1.807, 2.05) is 23.8 Å². The van der Waals surface area contributed by atoms with Gasteiger partial charge in [-0.25, -0.2) is 4.79 Å². The zero-order valence-electron chi connectivity index (χ0n) is 11.7. The van der Waals surface area contributed by atoms with E-state index in [0.717, 1.165) is 18.4 Å². The third-order valence-electron chi connectivity index (χ3n) is 3.22. The molecule has 5 nitrogen and oxygen atoms in total. The van der Waals surface area contributed by atoms with E-state index in [9.17, 15) is 9.59 Å². The fourth-order valence-corrected chi connectivity index (χ4v) is 2.58. The largest absolute Gasteiger partial charge is 0.481 e. The molecule has 3 N–H and O–H groups in total. The summed E-state index contributed by atoms with van der Waals surface area (Å²) in [6.07, 6.45) is 2.62. The molecule has 0 aromatic carbocycles. The highest BCUT2D eigenvalue weighted by molar-refractivity contribution is 7.07. The smallest absolute Gasteiger partial charge is 0.315 e. The fourth-order valence-electron chi connectivity index (χ4n) is 1.91. The van der Waals surface area contributed by atoms with Gasteiger partial charge in [0.25, 0.3) is 0 Å². The molecule has 112 valence electrons. The molecule has 0 aliphatic rings. The van der Waals surface area contributed by atoms with E-state index >= 15 is 0 Å². The zero-order valence-corrected chi connectivity index (χ0v) is 12.5. The highest BCUT2D eigenvalue weighted by atomic mass is 32.1. The number of rotatable bonds is 9. The number of carboxylic acids is 1. The topological polar surface area (TPSA) is 78.4 Å². The van der Waals surface area contributed by atoms with Crippen LogP contribution in [-0.4, -0.2) is 23.7 Å². The first kappa shape index (κ1) is 16.5. The summed E-state index contributed by atoms with van der Waals surface area (Å²) in [5.74, 6) is -0.409. The van der Waals surface area contributed by atoms with Gasteiger partial charge in [0.2, 0.25) is 0 Å². The van der Waals surface area contributed by atoms with Gasteiger partial charge in [-0.1, -0.05) is 13.3 Å². The SMILES string of the molecule is CCC(CCNC(=O)NCc1ccsc1)CCC(=O)O. The molecule has 0 radical (unpaired) electrons. The Morgan fingerprint density at radius 2 is 2.15 bits per heavy atom. The number of hydrogen-bond acceptors (Lipinski definition) is 3. The number of hydrogen-bond donors (Lipinski definition) is 3. The standard InChI is InChI=1S/C14H22N2O3S/c1-2-11(3-4-13(17)18)5-7-15-14(19)16-9-12-6-8-20-10-12/h6,8,10-11H,2-5,7,9H2,1H3,(H,17,18)(H2,15,16,19). The van der Waals surface area contributed by atoms with E-state index in [0.29, 0.717) is 25.4 Å². The van der Waals surface area contributed by atoms with Gasteiger partial charge in [-0.2, -0.15) is 11.3 Å². The monoisotopic (exact) mass is 298 g/mol. The van der Waals surface area contributed by atoms with Gasteiger partial charge in [0.1, 0.15) is 0 Å². The van der Waals surface area contributed by atoms with Gasteiger partial charge in [-0.15, -0.1) is 0 Å². The highest BCUT2D eigenvalue weighted by Gasteiger charge is 2.09. The lowest BCUT2D eigenvalue weighted by molar-refractivity contribution is -0.137. The molecule has 1 aromatic heterocycles. The number of carbonyl (C=O) groups excluding carboxylic acids is 1. The second-order valence-corrected chi connectivity index (χ2v) is 5.52. The summed E-state index contributed by atoms with van der Waals surface area (Å²) in [5, 5.41) is 18.2. The molecule has 1 atom stereocenters. The Hall–Kier alpha value is -1.56. The maximum atomic E-state index is 11.6. The molecule has 0 saturated carbocycles. The van der Waals surface area contributed by atoms with Gasteiger partial charge in [0.15, 0.2) is 0 Å². The van der Waals surface area contributed by atoms with E-state index < -0.39 is 5.97 Å². The molecular formula is C14H22N2O3S. The van der Waals surface area contributed by atoms with Crippen molar-refractivity contribution in [3.8, 4) is 0 Å². The van der Waals surface area contributed by atoms with Crippen molar-refractivity contribution in [2.24, 2.45) is 5.92 Å². The molecule has 20 heavy (non-hydrogen) atoms. The van der Waals surface area contributed by atoms with E-state index in [-0.39, 0.29) is 12.5 Å². The average molecular weight is 298 g/mol. The maximum Gasteiger partial charge on any atom is 0.315 e. The van der Waals surface area contributed by atoms with Gasteiger partial charge < -0.3 is 15.7 Å². The van der Waals surface area contributed by atoms with Crippen molar-refractivity contribution in [1.29, 1.82) is 0 Å². The molecule has 2 amide bonds. The van der Waals surface area contributed by atoms with Crippen molar-refractivity contribution in [2.75, 3.05) is 6.54 Å². The minimum atomic E-state index is -0.759. The first-order valence-electron chi connectivity index (χ1n) is 6.86. The Kier molecular flexibility index (Phi) is 7.72. The lowest BCUT2D eigenvalue weighted by atomic mass is 9.97. The molecule has 0 aliphatic heterocycles. The molecule has 0 spiro atoms. The van der Waals surface area contributed by atoms with Crippen molar-refractivity contribution in [1.82, 2.24) is 10.6 Å². The second kappa shape index (κ2) is 9.36. The summed E-state index contributed by atoms with van der Waals surface area (Å²) in [6.45, 7) is 3.16. The number of aliphatic carboxylic acids is 1. The molecule has 1 rings (SSSR count). The Morgan fingerprint density at radius 1 is 1.35 bits per heavy atom. The van der Waals surface area contributed by atoms with Crippen molar-refractivity contribution >= 4 is 23.3 Å². The third-order valence-corrected chi connectivity index (χ3v) is 3.95. The van der Waals surface area contributed by atoms with Crippen LogP contribution in [0.25, 0.3) is 0 Å². The summed E-state index contributed by atoms with van der Waals surface area (Å²) in [7, 11) is 0. The predicted octanol–water partition coefficient (Wildman–Crippen LogP) is 2.83. The fraction of sp³-hybridized carbons (Fsp3) is 0.571. The Bertz CT molecular complexity index is 407. The molecular weight excluding hydrogens is 276 g/mol. The molecule has 0 bridgehead atoms. The number of carbonyl (C=O) groups is 2. The van der Waals surface area contributed by atoms with Crippen LogP contribution < -0.4 is 10.6 Å². The molecule has 1 heterocycles. The number of urea groups is 1. The molecule has 6 heteroatoms. The van der Waals surface area contributed by atoms with Crippen molar-refractivity contribution in [2.45, 2.75) is 39.2 Å². The molecule has 1 aromatic rings. The van der Waals surface area contributed by atoms with Gasteiger partial charge in [-0.05, 0) is 41.1 Å². The Balaban J connectivity index is 2.11. The average Bonchev–Trinajstić information content (AvgIpc) is 2.93. The minimum Gasteiger partial charge on any atom is -0.481 e. The van der Waals surface area contributed by atoms with E-state index in [4.69, 9.17) is 5.11 Å². The van der Waals surface area contributed by atoms with Crippen LogP contribution in [0, 0.1) is 5.92 Å². The number of amides is 2. The molecule has 0 fully saturated rings. The predicted molar refractivity (Wildman–Crippen MR) is 79.8 cm³/mol. The summed E-state index contributed by atoms with van der Waals surface area (Å²) < 4.78 is 0. The lowest BCUT2D eigenvalue weighted by Crippen LogP contribution is -2.36. The van der Waals surface area contributed by atoms with E-state index in [1.165, 1.54) is 0 Å². The Morgan fingerprint density at radius 3 is 2.75 bits per heavy atom. The zero-order chi connectivity index (χ0) is 14.8. The summed E-state index contributed by atoms with van der Waals surface area (Å²) in [5.41, 5.74) is 1.10. The number of nitrogens with one attached hydrogen (secondary N) is 2. The van der Waals surface area contributed by atoms with E-state index in [2.05, 4.69) is 10.6 Å². The van der Waals surface area contributed by atoms with E-state index in [1.54, 1.807) is 11.3 Å². The summed E-state index contributed by atoms with van der Waals surface area (Å²) in [6, 6.07) is 1.80. The number of thiophene rings is 1. The molecule has 0 saturated heterocycles. The van der Waals surface area contributed by atoms with Crippen LogP contribution >= 0.6 is 11.3 Å².